The summed E-state index contributed by atoms with van der Waals surface area (Å²) in [5.74, 6) is 1.54. The molecule has 2 amide bonds. The van der Waals surface area contributed by atoms with E-state index in [2.05, 4.69) is 5.32 Å². The minimum atomic E-state index is -0.0808. The number of nitrogens with zero attached hydrogens (tertiary/aromatic N) is 1. The first-order chi connectivity index (χ1) is 12.7. The first-order valence-electron chi connectivity index (χ1n) is 8.64. The van der Waals surface area contributed by atoms with Crippen LogP contribution in [-0.4, -0.2) is 24.7 Å². The van der Waals surface area contributed by atoms with Crippen molar-refractivity contribution >= 4 is 35.0 Å². The van der Waals surface area contributed by atoms with Crippen molar-refractivity contribution in [2.45, 2.75) is 18.2 Å². The zero-order valence-corrected chi connectivity index (χ0v) is 15.3. The molecule has 1 atom stereocenters. The topological polar surface area (TPSA) is 58.6 Å². The fraction of sp³-hybridized carbons (Fsp3) is 0.300. The SMILES string of the molecule is COc1cccc(N2C(=O)CS[C@@H]2c2ccc(NC(=O)C3CC3)cc2)c1. The van der Waals surface area contributed by atoms with Crippen molar-refractivity contribution in [2.75, 3.05) is 23.1 Å². The molecular weight excluding hydrogens is 348 g/mol. The molecule has 0 spiro atoms. The molecule has 1 aliphatic carbocycles. The van der Waals surface area contributed by atoms with Crippen LogP contribution in [0.1, 0.15) is 23.8 Å². The summed E-state index contributed by atoms with van der Waals surface area (Å²) in [7, 11) is 1.62. The molecule has 1 saturated heterocycles. The van der Waals surface area contributed by atoms with Crippen molar-refractivity contribution in [3.63, 3.8) is 0 Å². The molecule has 2 aromatic rings. The number of carbonyl (C=O) groups is 2. The van der Waals surface area contributed by atoms with Gasteiger partial charge >= 0.3 is 0 Å². The monoisotopic (exact) mass is 368 g/mol. The Bertz CT molecular complexity index is 833. The van der Waals surface area contributed by atoms with Crippen LogP contribution in [0.2, 0.25) is 0 Å². The highest BCUT2D eigenvalue weighted by atomic mass is 32.2. The van der Waals surface area contributed by atoms with Gasteiger partial charge in [-0.2, -0.15) is 0 Å². The van der Waals surface area contributed by atoms with Crippen LogP contribution >= 0.6 is 11.8 Å². The quantitative estimate of drug-likeness (QED) is 0.872. The van der Waals surface area contributed by atoms with Crippen LogP contribution in [0.5, 0.6) is 5.75 Å². The number of thioether (sulfide) groups is 1. The van der Waals surface area contributed by atoms with E-state index >= 15 is 0 Å². The fourth-order valence-corrected chi connectivity index (χ4v) is 4.21. The molecule has 0 unspecified atom stereocenters. The van der Waals surface area contributed by atoms with Crippen LogP contribution in [-0.2, 0) is 9.59 Å². The van der Waals surface area contributed by atoms with Gasteiger partial charge in [-0.15, -0.1) is 11.8 Å². The van der Waals surface area contributed by atoms with Crippen LogP contribution < -0.4 is 15.0 Å². The number of carbonyl (C=O) groups excluding carboxylic acids is 2. The third-order valence-electron chi connectivity index (χ3n) is 4.61. The van der Waals surface area contributed by atoms with E-state index in [9.17, 15) is 9.59 Å². The molecular formula is C20H20N2O3S. The maximum absolute atomic E-state index is 12.5. The average Bonchev–Trinajstić information content (AvgIpc) is 3.45. The molecule has 6 heteroatoms. The van der Waals surface area contributed by atoms with Gasteiger partial charge in [-0.05, 0) is 42.7 Å². The second-order valence-electron chi connectivity index (χ2n) is 6.51. The van der Waals surface area contributed by atoms with Crippen molar-refractivity contribution < 1.29 is 14.3 Å². The number of anilines is 2. The Morgan fingerprint density at radius 2 is 1.96 bits per heavy atom. The minimum Gasteiger partial charge on any atom is -0.497 e. The number of nitrogens with one attached hydrogen (secondary N) is 1. The normalized spacial score (nSPS) is 19.5. The summed E-state index contributed by atoms with van der Waals surface area (Å²) < 4.78 is 5.28. The summed E-state index contributed by atoms with van der Waals surface area (Å²) in [5.41, 5.74) is 2.66. The van der Waals surface area contributed by atoms with E-state index in [4.69, 9.17) is 4.74 Å². The molecule has 0 bridgehead atoms. The van der Waals surface area contributed by atoms with Crippen molar-refractivity contribution in [1.29, 1.82) is 0 Å². The maximum Gasteiger partial charge on any atom is 0.238 e. The van der Waals surface area contributed by atoms with Crippen LogP contribution in [0.15, 0.2) is 48.5 Å². The molecule has 2 aromatic carbocycles. The fourth-order valence-electron chi connectivity index (χ4n) is 3.03. The Morgan fingerprint density at radius 1 is 1.19 bits per heavy atom. The molecule has 1 saturated carbocycles. The van der Waals surface area contributed by atoms with Crippen LogP contribution in [0, 0.1) is 5.92 Å². The number of ether oxygens (including phenoxy) is 1. The van der Waals surface area contributed by atoms with E-state index in [1.54, 1.807) is 18.9 Å². The van der Waals surface area contributed by atoms with Gasteiger partial charge in [0.2, 0.25) is 11.8 Å². The Morgan fingerprint density at radius 3 is 2.65 bits per heavy atom. The van der Waals surface area contributed by atoms with Crippen molar-refractivity contribution in [3.05, 3.63) is 54.1 Å². The van der Waals surface area contributed by atoms with Crippen LogP contribution in [0.4, 0.5) is 11.4 Å². The third-order valence-corrected chi connectivity index (χ3v) is 5.82. The molecule has 4 rings (SSSR count). The van der Waals surface area contributed by atoms with Crippen LogP contribution in [0.3, 0.4) is 0 Å². The van der Waals surface area contributed by atoms with Crippen molar-refractivity contribution in [2.24, 2.45) is 5.92 Å². The minimum absolute atomic E-state index is 0.0808. The van der Waals surface area contributed by atoms with Gasteiger partial charge in [0, 0.05) is 23.4 Å². The molecule has 2 fully saturated rings. The highest BCUT2D eigenvalue weighted by Gasteiger charge is 2.34. The molecule has 1 N–H and O–H groups in total. The summed E-state index contributed by atoms with van der Waals surface area (Å²) in [4.78, 5) is 26.1. The van der Waals surface area contributed by atoms with E-state index in [0.29, 0.717) is 5.75 Å². The predicted octanol–water partition coefficient (Wildman–Crippen LogP) is 3.82. The average molecular weight is 368 g/mol. The standard InChI is InChI=1S/C20H20N2O3S/c1-25-17-4-2-3-16(11-17)22-18(23)12-26-20(22)14-7-9-15(10-8-14)21-19(24)13-5-6-13/h2-4,7-11,13,20H,5-6,12H2,1H3,(H,21,24)/t20-/m1/s1. The van der Waals surface area contributed by atoms with E-state index < -0.39 is 0 Å². The lowest BCUT2D eigenvalue weighted by Crippen LogP contribution is -2.27. The smallest absolute Gasteiger partial charge is 0.238 e. The zero-order valence-electron chi connectivity index (χ0n) is 14.5. The van der Waals surface area contributed by atoms with Crippen molar-refractivity contribution in [3.8, 4) is 5.75 Å². The molecule has 134 valence electrons. The Hall–Kier alpha value is -2.47. The van der Waals surface area contributed by atoms with Gasteiger partial charge in [-0.25, -0.2) is 0 Å². The number of benzene rings is 2. The van der Waals surface area contributed by atoms with E-state index in [1.807, 2.05) is 53.4 Å². The van der Waals surface area contributed by atoms with Gasteiger partial charge in [0.15, 0.2) is 0 Å². The Labute approximate surface area is 156 Å². The lowest BCUT2D eigenvalue weighted by molar-refractivity contribution is -0.117. The number of amides is 2. The molecule has 2 aliphatic rings. The maximum atomic E-state index is 12.5. The number of methoxy groups -OCH3 is 1. The molecule has 1 heterocycles. The van der Waals surface area contributed by atoms with Gasteiger partial charge in [-0.3, -0.25) is 14.5 Å². The van der Waals surface area contributed by atoms with Crippen molar-refractivity contribution in [1.82, 2.24) is 0 Å². The highest BCUT2D eigenvalue weighted by molar-refractivity contribution is 8.00. The Balaban J connectivity index is 1.55. The van der Waals surface area contributed by atoms with Gasteiger partial charge in [-0.1, -0.05) is 18.2 Å². The zero-order chi connectivity index (χ0) is 18.1. The third kappa shape index (κ3) is 3.42. The Kier molecular flexibility index (Phi) is 4.59. The first kappa shape index (κ1) is 17.0. The van der Waals surface area contributed by atoms with Gasteiger partial charge in [0.1, 0.15) is 11.1 Å². The number of hydrogen-bond donors (Lipinski definition) is 1. The second-order valence-corrected chi connectivity index (χ2v) is 7.58. The van der Waals surface area contributed by atoms with Gasteiger partial charge < -0.3 is 10.1 Å². The summed E-state index contributed by atoms with van der Waals surface area (Å²) in [6.45, 7) is 0. The second kappa shape index (κ2) is 7.03. The van der Waals surface area contributed by atoms with E-state index in [1.165, 1.54) is 0 Å². The van der Waals surface area contributed by atoms with E-state index in [0.717, 1.165) is 35.5 Å². The summed E-state index contributed by atoms with van der Waals surface area (Å²) in [6.07, 6.45) is 1.97. The van der Waals surface area contributed by atoms with Gasteiger partial charge in [0.05, 0.1) is 12.9 Å². The lowest BCUT2D eigenvalue weighted by atomic mass is 10.1. The van der Waals surface area contributed by atoms with E-state index in [-0.39, 0.29) is 23.1 Å². The summed E-state index contributed by atoms with van der Waals surface area (Å²) in [5, 5.41) is 2.86. The number of rotatable bonds is 5. The molecule has 1 aliphatic heterocycles. The summed E-state index contributed by atoms with van der Waals surface area (Å²) in [6, 6.07) is 15.3. The van der Waals surface area contributed by atoms with Crippen LogP contribution in [0.25, 0.3) is 0 Å². The molecule has 5 nitrogen and oxygen atoms in total. The highest BCUT2D eigenvalue weighted by Crippen LogP contribution is 2.42. The molecule has 26 heavy (non-hydrogen) atoms. The first-order valence-corrected chi connectivity index (χ1v) is 9.69. The number of hydrogen-bond acceptors (Lipinski definition) is 4. The molecule has 0 radical (unpaired) electrons. The van der Waals surface area contributed by atoms with Gasteiger partial charge in [0.25, 0.3) is 0 Å². The summed E-state index contributed by atoms with van der Waals surface area (Å²) >= 11 is 1.60. The largest absolute Gasteiger partial charge is 0.497 e. The molecule has 0 aromatic heterocycles. The lowest BCUT2D eigenvalue weighted by Gasteiger charge is -2.25. The predicted molar refractivity (Wildman–Crippen MR) is 103 cm³/mol.